The summed E-state index contributed by atoms with van der Waals surface area (Å²) >= 11 is 3.45. The van der Waals surface area contributed by atoms with E-state index in [9.17, 15) is 18.0 Å². The first kappa shape index (κ1) is 32.8. The van der Waals surface area contributed by atoms with E-state index in [0.29, 0.717) is 12.3 Å². The molecule has 1 atom stereocenters. The van der Waals surface area contributed by atoms with Crippen LogP contribution in [0.2, 0.25) is 0 Å². The standard InChI is InChI=1S/C34H36BrN3O5S/c1-3-21-36-34(40)32(22-26-11-6-4-7-12-26)37(24-27-17-19-28(35)20-18-27)33(39)25-38(29-13-10-14-30(23-29)43-2)44(41,42)31-15-8-5-9-16-31/h4-20,23,32H,3,21-22,24-25H2,1-2H3,(H,36,40)/t32-/m1/s1. The number of sulfonamides is 1. The highest BCUT2D eigenvalue weighted by Crippen LogP contribution is 2.28. The van der Waals surface area contributed by atoms with E-state index in [1.807, 2.05) is 61.5 Å². The number of benzene rings is 4. The zero-order chi connectivity index (χ0) is 31.5. The third-order valence-electron chi connectivity index (χ3n) is 7.04. The number of rotatable bonds is 14. The van der Waals surface area contributed by atoms with Crippen molar-refractivity contribution in [3.8, 4) is 5.75 Å². The van der Waals surface area contributed by atoms with Crippen LogP contribution in [0, 0.1) is 0 Å². The van der Waals surface area contributed by atoms with Crippen LogP contribution >= 0.6 is 15.9 Å². The number of hydrogen-bond donors (Lipinski definition) is 1. The minimum Gasteiger partial charge on any atom is -0.497 e. The highest BCUT2D eigenvalue weighted by atomic mass is 79.9. The smallest absolute Gasteiger partial charge is 0.264 e. The van der Waals surface area contributed by atoms with E-state index in [2.05, 4.69) is 21.2 Å². The maximum atomic E-state index is 14.4. The molecule has 230 valence electrons. The molecule has 0 heterocycles. The van der Waals surface area contributed by atoms with Crippen molar-refractivity contribution in [1.82, 2.24) is 10.2 Å². The highest BCUT2D eigenvalue weighted by molar-refractivity contribution is 9.10. The van der Waals surface area contributed by atoms with E-state index in [-0.39, 0.29) is 29.5 Å². The molecule has 4 aromatic rings. The minimum atomic E-state index is -4.18. The van der Waals surface area contributed by atoms with Gasteiger partial charge in [0, 0.05) is 30.0 Å². The van der Waals surface area contributed by atoms with Crippen molar-refractivity contribution < 1.29 is 22.7 Å². The predicted octanol–water partition coefficient (Wildman–Crippen LogP) is 5.82. The largest absolute Gasteiger partial charge is 0.497 e. The van der Waals surface area contributed by atoms with Crippen molar-refractivity contribution in [2.75, 3.05) is 24.5 Å². The number of halogens is 1. The van der Waals surface area contributed by atoms with Crippen LogP contribution < -0.4 is 14.4 Å². The summed E-state index contributed by atoms with van der Waals surface area (Å²) in [5, 5.41) is 2.95. The van der Waals surface area contributed by atoms with E-state index in [4.69, 9.17) is 4.74 Å². The quantitative estimate of drug-likeness (QED) is 0.182. The van der Waals surface area contributed by atoms with Crippen LogP contribution in [0.1, 0.15) is 24.5 Å². The average molecular weight is 679 g/mol. The van der Waals surface area contributed by atoms with Crippen molar-refractivity contribution in [3.63, 3.8) is 0 Å². The Balaban J connectivity index is 1.79. The molecule has 0 fully saturated rings. The second-order valence-corrected chi connectivity index (χ2v) is 12.9. The normalized spacial score (nSPS) is 11.8. The maximum Gasteiger partial charge on any atom is 0.264 e. The summed E-state index contributed by atoms with van der Waals surface area (Å²) in [6.45, 7) is 1.97. The molecule has 0 radical (unpaired) electrons. The van der Waals surface area contributed by atoms with Crippen LogP contribution in [-0.2, 0) is 32.6 Å². The van der Waals surface area contributed by atoms with Crippen LogP contribution in [0.3, 0.4) is 0 Å². The minimum absolute atomic E-state index is 0.0385. The van der Waals surface area contributed by atoms with Gasteiger partial charge in [0.15, 0.2) is 0 Å². The summed E-state index contributed by atoms with van der Waals surface area (Å²) in [7, 11) is -2.69. The molecule has 4 aromatic carbocycles. The molecule has 10 heteroatoms. The van der Waals surface area contributed by atoms with Crippen molar-refractivity contribution in [3.05, 3.63) is 125 Å². The molecular formula is C34H36BrN3O5S. The molecular weight excluding hydrogens is 642 g/mol. The lowest BCUT2D eigenvalue weighted by Crippen LogP contribution is -2.53. The number of ether oxygens (including phenoxy) is 1. The van der Waals surface area contributed by atoms with Crippen LogP contribution in [0.5, 0.6) is 5.75 Å². The molecule has 0 unspecified atom stereocenters. The third-order valence-corrected chi connectivity index (χ3v) is 9.35. The zero-order valence-corrected chi connectivity index (χ0v) is 27.1. The molecule has 0 aliphatic rings. The van der Waals surface area contributed by atoms with Crippen LogP contribution in [0.15, 0.2) is 119 Å². The second kappa shape index (κ2) is 15.5. The topological polar surface area (TPSA) is 96.0 Å². The number of carbonyl (C=O) groups is 2. The molecule has 0 saturated heterocycles. The number of amides is 2. The molecule has 0 aliphatic heterocycles. The fraction of sp³-hybridized carbons (Fsp3) is 0.235. The fourth-order valence-electron chi connectivity index (χ4n) is 4.72. The summed E-state index contributed by atoms with van der Waals surface area (Å²) in [6, 6.07) is 30.6. The molecule has 2 amide bonds. The van der Waals surface area contributed by atoms with Gasteiger partial charge in [0.05, 0.1) is 17.7 Å². The third kappa shape index (κ3) is 8.48. The van der Waals surface area contributed by atoms with Crippen LogP contribution in [0.25, 0.3) is 0 Å². The Morgan fingerprint density at radius 1 is 0.864 bits per heavy atom. The molecule has 8 nitrogen and oxygen atoms in total. The summed E-state index contributed by atoms with van der Waals surface area (Å²) < 4.78 is 35.4. The van der Waals surface area contributed by atoms with E-state index in [1.165, 1.54) is 24.1 Å². The number of nitrogens with one attached hydrogen (secondary N) is 1. The van der Waals surface area contributed by atoms with E-state index >= 15 is 0 Å². The first-order valence-electron chi connectivity index (χ1n) is 14.3. The summed E-state index contributed by atoms with van der Waals surface area (Å²) in [4.78, 5) is 29.7. The number of nitrogens with zero attached hydrogens (tertiary/aromatic N) is 2. The molecule has 4 rings (SSSR count). The zero-order valence-electron chi connectivity index (χ0n) is 24.7. The van der Waals surface area contributed by atoms with Crippen molar-refractivity contribution in [2.45, 2.75) is 37.2 Å². The summed E-state index contributed by atoms with van der Waals surface area (Å²) in [5.41, 5.74) is 1.93. The van der Waals surface area contributed by atoms with Crippen molar-refractivity contribution in [2.24, 2.45) is 0 Å². The predicted molar refractivity (Wildman–Crippen MR) is 176 cm³/mol. The molecule has 0 saturated carbocycles. The van der Waals surface area contributed by atoms with Gasteiger partial charge in [-0.2, -0.15) is 0 Å². The Bertz CT molecular complexity index is 1630. The number of carbonyl (C=O) groups excluding carboxylic acids is 2. The molecule has 0 bridgehead atoms. The van der Waals surface area contributed by atoms with Gasteiger partial charge in [-0.05, 0) is 53.9 Å². The van der Waals surface area contributed by atoms with E-state index in [1.54, 1.807) is 42.5 Å². The molecule has 0 aromatic heterocycles. The van der Waals surface area contributed by atoms with Gasteiger partial charge >= 0.3 is 0 Å². The van der Waals surface area contributed by atoms with Gasteiger partial charge < -0.3 is 15.0 Å². The van der Waals surface area contributed by atoms with E-state index < -0.39 is 28.5 Å². The van der Waals surface area contributed by atoms with Crippen molar-refractivity contribution >= 4 is 43.5 Å². The number of methoxy groups -OCH3 is 1. The van der Waals surface area contributed by atoms with Gasteiger partial charge in [-0.1, -0.05) is 89.6 Å². The first-order chi connectivity index (χ1) is 21.2. The van der Waals surface area contributed by atoms with Gasteiger partial charge in [-0.3, -0.25) is 13.9 Å². The molecule has 44 heavy (non-hydrogen) atoms. The van der Waals surface area contributed by atoms with Gasteiger partial charge in [0.1, 0.15) is 18.3 Å². The molecule has 0 aliphatic carbocycles. The van der Waals surface area contributed by atoms with E-state index in [0.717, 1.165) is 26.3 Å². The second-order valence-electron chi connectivity index (χ2n) is 10.2. The Labute approximate surface area is 267 Å². The fourth-order valence-corrected chi connectivity index (χ4v) is 6.41. The van der Waals surface area contributed by atoms with Crippen LogP contribution in [0.4, 0.5) is 5.69 Å². The van der Waals surface area contributed by atoms with Crippen LogP contribution in [-0.4, -0.2) is 51.4 Å². The monoisotopic (exact) mass is 677 g/mol. The Morgan fingerprint density at radius 3 is 2.16 bits per heavy atom. The Morgan fingerprint density at radius 2 is 1.52 bits per heavy atom. The summed E-state index contributed by atoms with van der Waals surface area (Å²) in [6.07, 6.45) is 0.979. The highest BCUT2D eigenvalue weighted by Gasteiger charge is 2.34. The SMILES string of the molecule is CCCNC(=O)[C@@H](Cc1ccccc1)N(Cc1ccc(Br)cc1)C(=O)CN(c1cccc(OC)c1)S(=O)(=O)c1ccccc1. The Kier molecular flexibility index (Phi) is 11.6. The van der Waals surface area contributed by atoms with Gasteiger partial charge in [0.2, 0.25) is 11.8 Å². The molecule has 0 spiro atoms. The van der Waals surface area contributed by atoms with Crippen molar-refractivity contribution in [1.29, 1.82) is 0 Å². The lowest BCUT2D eigenvalue weighted by atomic mass is 10.0. The maximum absolute atomic E-state index is 14.4. The lowest BCUT2D eigenvalue weighted by Gasteiger charge is -2.34. The lowest BCUT2D eigenvalue weighted by molar-refractivity contribution is -0.140. The van der Waals surface area contributed by atoms with Gasteiger partial charge in [-0.25, -0.2) is 8.42 Å². The Hall–Kier alpha value is -4.15. The first-order valence-corrected chi connectivity index (χ1v) is 16.5. The summed E-state index contributed by atoms with van der Waals surface area (Å²) in [5.74, 6) is -0.390. The van der Waals surface area contributed by atoms with Gasteiger partial charge in [0.25, 0.3) is 10.0 Å². The number of anilines is 1. The average Bonchev–Trinajstić information content (AvgIpc) is 3.05. The number of hydrogen-bond acceptors (Lipinski definition) is 5. The molecule has 1 N–H and O–H groups in total. The van der Waals surface area contributed by atoms with Gasteiger partial charge in [-0.15, -0.1) is 0 Å².